The van der Waals surface area contributed by atoms with E-state index in [0.717, 1.165) is 39.9 Å². The van der Waals surface area contributed by atoms with E-state index in [1.165, 1.54) is 27.2 Å². The minimum atomic E-state index is 0.766. The quantitative estimate of drug-likeness (QED) is 0.308. The number of hydrogen-bond acceptors (Lipinski definition) is 1. The molecule has 0 saturated heterocycles. The minimum absolute atomic E-state index is 0.766. The number of aromatic nitrogens is 3. The molecule has 2 radical (unpaired) electrons. The van der Waals surface area contributed by atoms with Crippen LogP contribution in [0.15, 0.2) is 109 Å². The van der Waals surface area contributed by atoms with E-state index < -0.39 is 0 Å². The molecule has 0 unspecified atom stereocenters. The molecule has 4 heteroatoms. The van der Waals surface area contributed by atoms with Crippen LogP contribution in [0, 0.1) is 0 Å². The number of benzene rings is 4. The molecular formula is C30H20BN3. The number of fused-ring (bicyclic) bond motifs is 6. The summed E-state index contributed by atoms with van der Waals surface area (Å²) in [5, 5.41) is 4.71. The average molecular weight is 433 g/mol. The summed E-state index contributed by atoms with van der Waals surface area (Å²) >= 11 is 0. The van der Waals surface area contributed by atoms with Crippen LogP contribution in [0.1, 0.15) is 5.56 Å². The Morgan fingerprint density at radius 2 is 1.26 bits per heavy atom. The molecule has 0 spiro atoms. The van der Waals surface area contributed by atoms with Gasteiger partial charge in [0.1, 0.15) is 19.3 Å². The first-order valence-corrected chi connectivity index (χ1v) is 11.5. The van der Waals surface area contributed by atoms with E-state index in [-0.39, 0.29) is 0 Å². The van der Waals surface area contributed by atoms with Crippen LogP contribution in [0.25, 0.3) is 49.6 Å². The zero-order valence-corrected chi connectivity index (χ0v) is 18.5. The second-order valence-corrected chi connectivity index (χ2v) is 8.76. The summed E-state index contributed by atoms with van der Waals surface area (Å²) in [5.41, 5.74) is 6.44. The van der Waals surface area contributed by atoms with E-state index in [1.807, 2.05) is 6.07 Å². The molecule has 0 N–H and O–H groups in total. The molecule has 34 heavy (non-hydrogen) atoms. The molecule has 0 aliphatic heterocycles. The van der Waals surface area contributed by atoms with Gasteiger partial charge in [-0.25, -0.2) is 4.98 Å². The van der Waals surface area contributed by atoms with Crippen LogP contribution in [-0.4, -0.2) is 22.0 Å². The lowest BCUT2D eigenvalue weighted by Gasteiger charge is -2.10. The summed E-state index contributed by atoms with van der Waals surface area (Å²) in [6.07, 6.45) is 0. The van der Waals surface area contributed by atoms with Gasteiger partial charge < -0.3 is 4.57 Å². The third kappa shape index (κ3) is 2.82. The highest BCUT2D eigenvalue weighted by molar-refractivity contribution is 6.34. The summed E-state index contributed by atoms with van der Waals surface area (Å²) < 4.78 is 4.57. The maximum Gasteiger partial charge on any atom is 0.143 e. The Kier molecular flexibility index (Phi) is 4.15. The molecule has 158 valence electrons. The van der Waals surface area contributed by atoms with Gasteiger partial charge in [-0.3, -0.25) is 4.57 Å². The fourth-order valence-corrected chi connectivity index (χ4v) is 5.19. The first-order chi connectivity index (χ1) is 16.8. The van der Waals surface area contributed by atoms with Gasteiger partial charge in [-0.1, -0.05) is 84.3 Å². The van der Waals surface area contributed by atoms with E-state index in [9.17, 15) is 0 Å². The maximum absolute atomic E-state index is 6.15. The van der Waals surface area contributed by atoms with Crippen LogP contribution in [0.4, 0.5) is 0 Å². The summed E-state index contributed by atoms with van der Waals surface area (Å²) in [7, 11) is 6.15. The van der Waals surface area contributed by atoms with Crippen molar-refractivity contribution in [1.82, 2.24) is 14.1 Å². The van der Waals surface area contributed by atoms with Gasteiger partial charge in [0.25, 0.3) is 0 Å². The van der Waals surface area contributed by atoms with Crippen molar-refractivity contribution in [3.8, 4) is 5.82 Å². The lowest BCUT2D eigenvalue weighted by Crippen LogP contribution is -2.04. The molecule has 7 rings (SSSR count). The number of pyridine rings is 1. The zero-order valence-electron chi connectivity index (χ0n) is 18.5. The van der Waals surface area contributed by atoms with Gasteiger partial charge >= 0.3 is 0 Å². The number of para-hydroxylation sites is 2. The molecule has 0 saturated carbocycles. The Labute approximate surface area is 198 Å². The normalized spacial score (nSPS) is 11.8. The van der Waals surface area contributed by atoms with Gasteiger partial charge in [-0.05, 0) is 35.9 Å². The van der Waals surface area contributed by atoms with Crippen molar-refractivity contribution in [1.29, 1.82) is 0 Å². The summed E-state index contributed by atoms with van der Waals surface area (Å²) in [6.45, 7) is 0.769. The lowest BCUT2D eigenvalue weighted by molar-refractivity contribution is 0.853. The van der Waals surface area contributed by atoms with E-state index >= 15 is 0 Å². The molecule has 0 bridgehead atoms. The standard InChI is InChI=1S/C30H20BN3/c31-21-14-16-28-25(18-21)23-11-5-7-13-27(23)34(28)29-17-15-24-22-10-4-6-12-26(22)33(30(24)32-29)19-20-8-2-1-3-9-20/h1-18H,19H2. The van der Waals surface area contributed by atoms with Crippen LogP contribution in [0.3, 0.4) is 0 Å². The van der Waals surface area contributed by atoms with Crippen LogP contribution >= 0.6 is 0 Å². The Morgan fingerprint density at radius 1 is 0.588 bits per heavy atom. The van der Waals surface area contributed by atoms with Crippen molar-refractivity contribution in [3.05, 3.63) is 115 Å². The first-order valence-electron chi connectivity index (χ1n) is 11.5. The van der Waals surface area contributed by atoms with Crippen molar-refractivity contribution in [2.24, 2.45) is 0 Å². The second-order valence-electron chi connectivity index (χ2n) is 8.76. The molecule has 0 atom stereocenters. The fraction of sp³-hybridized carbons (Fsp3) is 0.0333. The maximum atomic E-state index is 6.15. The first kappa shape index (κ1) is 19.2. The summed E-state index contributed by atoms with van der Waals surface area (Å²) in [5.74, 6) is 0.903. The highest BCUT2D eigenvalue weighted by Gasteiger charge is 2.16. The third-order valence-electron chi connectivity index (χ3n) is 6.71. The van der Waals surface area contributed by atoms with E-state index in [2.05, 4.69) is 112 Å². The predicted molar refractivity (Wildman–Crippen MR) is 143 cm³/mol. The monoisotopic (exact) mass is 433 g/mol. The van der Waals surface area contributed by atoms with Crippen molar-refractivity contribution in [2.75, 3.05) is 0 Å². The van der Waals surface area contributed by atoms with Crippen LogP contribution in [0.5, 0.6) is 0 Å². The highest BCUT2D eigenvalue weighted by atomic mass is 15.1. The Bertz CT molecular complexity index is 1840. The van der Waals surface area contributed by atoms with Gasteiger partial charge in [0.15, 0.2) is 0 Å². The number of nitrogens with zero attached hydrogens (tertiary/aromatic N) is 3. The van der Waals surface area contributed by atoms with Gasteiger partial charge in [-0.2, -0.15) is 0 Å². The Morgan fingerprint density at radius 3 is 2.09 bits per heavy atom. The smallest absolute Gasteiger partial charge is 0.143 e. The van der Waals surface area contributed by atoms with E-state index in [0.29, 0.717) is 0 Å². The molecule has 0 fully saturated rings. The summed E-state index contributed by atoms with van der Waals surface area (Å²) in [4.78, 5) is 5.27. The Balaban J connectivity index is 1.54. The molecule has 3 aromatic heterocycles. The number of rotatable bonds is 3. The molecule has 3 nitrogen and oxygen atoms in total. The Hall–Kier alpha value is -4.31. The van der Waals surface area contributed by atoms with E-state index in [4.69, 9.17) is 12.8 Å². The minimum Gasteiger partial charge on any atom is -0.321 e. The second kappa shape index (κ2) is 7.36. The van der Waals surface area contributed by atoms with Crippen LogP contribution < -0.4 is 5.46 Å². The van der Waals surface area contributed by atoms with E-state index in [1.54, 1.807) is 0 Å². The SMILES string of the molecule is [B]c1ccc2c(c1)c1ccccc1n2-c1ccc2c3ccccc3n(Cc3ccccc3)c2n1. The molecule has 4 aromatic carbocycles. The van der Waals surface area contributed by atoms with Crippen molar-refractivity contribution >= 4 is 57.1 Å². The highest BCUT2D eigenvalue weighted by Crippen LogP contribution is 2.33. The molecule has 0 aliphatic carbocycles. The molecular weight excluding hydrogens is 413 g/mol. The topological polar surface area (TPSA) is 22.8 Å². The van der Waals surface area contributed by atoms with Crippen LogP contribution in [-0.2, 0) is 6.54 Å². The average Bonchev–Trinajstić information content (AvgIpc) is 3.37. The molecule has 7 aromatic rings. The number of hydrogen-bond donors (Lipinski definition) is 0. The van der Waals surface area contributed by atoms with Gasteiger partial charge in [-0.15, -0.1) is 0 Å². The molecule has 3 heterocycles. The van der Waals surface area contributed by atoms with Gasteiger partial charge in [0.2, 0.25) is 0 Å². The zero-order chi connectivity index (χ0) is 22.6. The van der Waals surface area contributed by atoms with Crippen molar-refractivity contribution < 1.29 is 0 Å². The van der Waals surface area contributed by atoms with Crippen LogP contribution in [0.2, 0.25) is 0 Å². The van der Waals surface area contributed by atoms with Gasteiger partial charge in [0.05, 0.1) is 16.6 Å². The fourth-order valence-electron chi connectivity index (χ4n) is 5.19. The molecule has 0 amide bonds. The lowest BCUT2D eigenvalue weighted by atomic mass is 9.94. The molecule has 0 aliphatic rings. The van der Waals surface area contributed by atoms with Crippen molar-refractivity contribution in [3.63, 3.8) is 0 Å². The summed E-state index contributed by atoms with van der Waals surface area (Å²) in [6, 6.07) is 38.0. The third-order valence-corrected chi connectivity index (χ3v) is 6.71. The largest absolute Gasteiger partial charge is 0.321 e. The van der Waals surface area contributed by atoms with Crippen molar-refractivity contribution in [2.45, 2.75) is 6.54 Å². The predicted octanol–water partition coefficient (Wildman–Crippen LogP) is 6.13. The van der Waals surface area contributed by atoms with Gasteiger partial charge in [0, 0.05) is 28.1 Å².